The van der Waals surface area contributed by atoms with E-state index >= 15 is 0 Å². The fourth-order valence-corrected chi connectivity index (χ4v) is 1.76. The van der Waals surface area contributed by atoms with Gasteiger partial charge in [0.1, 0.15) is 6.04 Å². The van der Waals surface area contributed by atoms with Gasteiger partial charge in [0.25, 0.3) is 0 Å². The molecule has 0 aromatic heterocycles. The Hall–Kier alpha value is -0.610. The minimum atomic E-state index is -0.234. The van der Waals surface area contributed by atoms with E-state index in [0.717, 1.165) is 13.1 Å². The van der Waals surface area contributed by atoms with Crippen molar-refractivity contribution < 1.29 is 4.79 Å². The average Bonchev–Trinajstić information content (AvgIpc) is 2.03. The Morgan fingerprint density at radius 1 is 1.54 bits per heavy atom. The summed E-state index contributed by atoms with van der Waals surface area (Å²) in [6, 6.07) is -0.159. The van der Waals surface area contributed by atoms with Crippen LogP contribution in [0.2, 0.25) is 0 Å². The predicted octanol–water partition coefficient (Wildman–Crippen LogP) is -0.456. The summed E-state index contributed by atoms with van der Waals surface area (Å²) in [4.78, 5) is 13.3. The van der Waals surface area contributed by atoms with Crippen LogP contribution in [0, 0.1) is 0 Å². The van der Waals surface area contributed by atoms with Crippen molar-refractivity contribution in [2.24, 2.45) is 5.73 Å². The summed E-state index contributed by atoms with van der Waals surface area (Å²) in [5.41, 5.74) is 5.35. The number of rotatable bonds is 1. The summed E-state index contributed by atoms with van der Waals surface area (Å²) in [7, 11) is 0. The molecule has 0 spiro atoms. The van der Waals surface area contributed by atoms with Crippen molar-refractivity contribution in [3.8, 4) is 0 Å². The molecule has 1 saturated heterocycles. The van der Waals surface area contributed by atoms with Gasteiger partial charge in [-0.25, -0.2) is 0 Å². The van der Waals surface area contributed by atoms with E-state index in [1.54, 1.807) is 0 Å². The molecule has 4 heteroatoms. The molecule has 3 N–H and O–H groups in total. The first-order chi connectivity index (χ1) is 5.93. The van der Waals surface area contributed by atoms with Crippen molar-refractivity contribution >= 4 is 5.91 Å². The molecular weight excluding hydrogens is 166 g/mol. The first-order valence-corrected chi connectivity index (χ1v) is 4.69. The summed E-state index contributed by atoms with van der Waals surface area (Å²) in [6.45, 7) is 8.81. The second kappa shape index (κ2) is 3.64. The minimum Gasteiger partial charge on any atom is -0.368 e. The number of carbonyl (C=O) groups is 1. The highest BCUT2D eigenvalue weighted by atomic mass is 16.1. The van der Waals surface area contributed by atoms with Crippen LogP contribution < -0.4 is 11.1 Å². The lowest BCUT2D eigenvalue weighted by Gasteiger charge is -2.43. The molecule has 0 aromatic carbocycles. The maximum atomic E-state index is 11.2. The zero-order chi connectivity index (χ0) is 10.1. The second-order valence-corrected chi connectivity index (χ2v) is 4.49. The third kappa shape index (κ3) is 2.42. The molecule has 13 heavy (non-hydrogen) atoms. The number of hydrogen-bond donors (Lipinski definition) is 2. The molecule has 76 valence electrons. The highest BCUT2D eigenvalue weighted by molar-refractivity contribution is 5.80. The number of hydrogen-bond acceptors (Lipinski definition) is 3. The van der Waals surface area contributed by atoms with Gasteiger partial charge in [0, 0.05) is 25.2 Å². The molecule has 0 radical (unpaired) electrons. The van der Waals surface area contributed by atoms with Gasteiger partial charge in [-0.15, -0.1) is 0 Å². The molecule has 1 atom stereocenters. The molecule has 1 aliphatic rings. The zero-order valence-corrected chi connectivity index (χ0v) is 8.63. The van der Waals surface area contributed by atoms with E-state index in [1.165, 1.54) is 0 Å². The lowest BCUT2D eigenvalue weighted by molar-refractivity contribution is -0.126. The maximum Gasteiger partial charge on any atom is 0.236 e. The van der Waals surface area contributed by atoms with Crippen LogP contribution in [0.25, 0.3) is 0 Å². The van der Waals surface area contributed by atoms with E-state index in [2.05, 4.69) is 31.0 Å². The van der Waals surface area contributed by atoms with E-state index in [1.807, 2.05) is 0 Å². The molecule has 1 fully saturated rings. The molecule has 0 saturated carbocycles. The van der Waals surface area contributed by atoms with Gasteiger partial charge in [0.15, 0.2) is 0 Å². The van der Waals surface area contributed by atoms with Gasteiger partial charge in [-0.05, 0) is 20.8 Å². The Bertz CT molecular complexity index is 198. The van der Waals surface area contributed by atoms with Gasteiger partial charge in [-0.2, -0.15) is 0 Å². The van der Waals surface area contributed by atoms with Gasteiger partial charge in [0.05, 0.1) is 0 Å². The average molecular weight is 185 g/mol. The Kier molecular flexibility index (Phi) is 2.93. The molecule has 1 amide bonds. The first kappa shape index (κ1) is 10.5. The first-order valence-electron chi connectivity index (χ1n) is 4.69. The minimum absolute atomic E-state index is 0.0157. The van der Waals surface area contributed by atoms with Crippen molar-refractivity contribution in [1.82, 2.24) is 10.2 Å². The Morgan fingerprint density at radius 2 is 2.15 bits per heavy atom. The van der Waals surface area contributed by atoms with Crippen LogP contribution in [-0.2, 0) is 4.79 Å². The Balaban J connectivity index is 2.73. The van der Waals surface area contributed by atoms with Gasteiger partial charge >= 0.3 is 0 Å². The number of nitrogens with one attached hydrogen (secondary N) is 1. The zero-order valence-electron chi connectivity index (χ0n) is 8.63. The van der Waals surface area contributed by atoms with E-state index < -0.39 is 0 Å². The maximum absolute atomic E-state index is 11.2. The normalized spacial score (nSPS) is 25.9. The second-order valence-electron chi connectivity index (χ2n) is 4.49. The van der Waals surface area contributed by atoms with Gasteiger partial charge in [-0.1, -0.05) is 0 Å². The summed E-state index contributed by atoms with van der Waals surface area (Å²) >= 11 is 0. The quantitative estimate of drug-likeness (QED) is 0.581. The lowest BCUT2D eigenvalue weighted by atomic mass is 10.0. The van der Waals surface area contributed by atoms with Gasteiger partial charge < -0.3 is 11.1 Å². The molecule has 1 heterocycles. The van der Waals surface area contributed by atoms with E-state index in [4.69, 9.17) is 5.73 Å². The lowest BCUT2D eigenvalue weighted by Crippen LogP contribution is -2.62. The van der Waals surface area contributed by atoms with Crippen molar-refractivity contribution in [3.05, 3.63) is 0 Å². The topological polar surface area (TPSA) is 58.4 Å². The summed E-state index contributed by atoms with van der Waals surface area (Å²) in [5, 5.41) is 3.18. The summed E-state index contributed by atoms with van der Waals surface area (Å²) in [6.07, 6.45) is 0. The monoisotopic (exact) mass is 185 g/mol. The van der Waals surface area contributed by atoms with Crippen LogP contribution in [0.1, 0.15) is 20.8 Å². The number of nitrogens with zero attached hydrogens (tertiary/aromatic N) is 1. The molecule has 1 unspecified atom stereocenters. The van der Waals surface area contributed by atoms with Crippen LogP contribution in [-0.4, -0.2) is 42.0 Å². The van der Waals surface area contributed by atoms with Gasteiger partial charge in [-0.3, -0.25) is 9.69 Å². The molecular formula is C9H19N3O. The van der Waals surface area contributed by atoms with Crippen molar-refractivity contribution in [2.45, 2.75) is 32.4 Å². The highest BCUT2D eigenvalue weighted by Crippen LogP contribution is 2.17. The number of primary amides is 1. The smallest absolute Gasteiger partial charge is 0.236 e. The molecule has 4 nitrogen and oxygen atoms in total. The van der Waals surface area contributed by atoms with Gasteiger partial charge in [0.2, 0.25) is 5.91 Å². The Labute approximate surface area is 79.5 Å². The van der Waals surface area contributed by atoms with E-state index in [-0.39, 0.29) is 17.5 Å². The molecule has 0 aliphatic carbocycles. The molecule has 1 aliphatic heterocycles. The van der Waals surface area contributed by atoms with Crippen LogP contribution in [0.3, 0.4) is 0 Å². The molecule has 0 bridgehead atoms. The summed E-state index contributed by atoms with van der Waals surface area (Å²) < 4.78 is 0. The van der Waals surface area contributed by atoms with Crippen molar-refractivity contribution in [2.75, 3.05) is 19.6 Å². The van der Waals surface area contributed by atoms with Crippen LogP contribution in [0.15, 0.2) is 0 Å². The fraction of sp³-hybridized carbons (Fsp3) is 0.889. The van der Waals surface area contributed by atoms with E-state index in [0.29, 0.717) is 6.54 Å². The SMILES string of the molecule is CC(C)(C)N1CCNCC1C(N)=O. The van der Waals surface area contributed by atoms with Crippen LogP contribution in [0.5, 0.6) is 0 Å². The number of amides is 1. The number of nitrogens with two attached hydrogens (primary N) is 1. The summed E-state index contributed by atoms with van der Waals surface area (Å²) in [5.74, 6) is -0.234. The highest BCUT2D eigenvalue weighted by Gasteiger charge is 2.33. The molecule has 0 aromatic rings. The van der Waals surface area contributed by atoms with Crippen molar-refractivity contribution in [1.29, 1.82) is 0 Å². The standard InChI is InChI=1S/C9H19N3O/c1-9(2,3)12-5-4-11-6-7(12)8(10)13/h7,11H,4-6H2,1-3H3,(H2,10,13). The van der Waals surface area contributed by atoms with E-state index in [9.17, 15) is 4.79 Å². The molecule has 1 rings (SSSR count). The third-order valence-corrected chi connectivity index (χ3v) is 2.43. The largest absolute Gasteiger partial charge is 0.368 e. The van der Waals surface area contributed by atoms with Crippen LogP contribution >= 0.6 is 0 Å². The van der Waals surface area contributed by atoms with Crippen molar-refractivity contribution in [3.63, 3.8) is 0 Å². The Morgan fingerprint density at radius 3 is 2.54 bits per heavy atom. The van der Waals surface area contributed by atoms with Crippen LogP contribution in [0.4, 0.5) is 0 Å². The number of carbonyl (C=O) groups excluding carboxylic acids is 1. The predicted molar refractivity (Wildman–Crippen MR) is 52.3 cm³/mol. The number of piperazine rings is 1. The third-order valence-electron chi connectivity index (χ3n) is 2.43. The fourth-order valence-electron chi connectivity index (χ4n) is 1.76.